The Hall–Kier alpha value is -0.0800. The molecule has 2 nitrogen and oxygen atoms in total. The van der Waals surface area contributed by atoms with E-state index in [0.717, 1.165) is 12.8 Å². The Labute approximate surface area is 127 Å². The molecular weight excluding hydrogens is 248 g/mol. The van der Waals surface area contributed by atoms with Crippen molar-refractivity contribution in [2.24, 2.45) is 0 Å². The molecule has 0 heterocycles. The van der Waals surface area contributed by atoms with Gasteiger partial charge in [0.25, 0.3) is 0 Å². The summed E-state index contributed by atoms with van der Waals surface area (Å²) in [6, 6.07) is 0. The standard InChI is InChI=1S/C18H38O2/c1-2-3-4-5-6-7-8-9-10-11-12-13-14-15-18(20)16-17-19/h18-20H,2-17H2,1H3/t18-/m0/s1. The smallest absolute Gasteiger partial charge is 0.0562 e. The molecule has 2 N–H and O–H groups in total. The van der Waals surface area contributed by atoms with E-state index in [9.17, 15) is 5.11 Å². The molecule has 0 spiro atoms. The Morgan fingerprint density at radius 1 is 0.600 bits per heavy atom. The van der Waals surface area contributed by atoms with Crippen molar-refractivity contribution >= 4 is 0 Å². The summed E-state index contributed by atoms with van der Waals surface area (Å²) in [4.78, 5) is 0. The van der Waals surface area contributed by atoms with Gasteiger partial charge in [-0.05, 0) is 12.8 Å². The van der Waals surface area contributed by atoms with E-state index in [-0.39, 0.29) is 12.7 Å². The number of unbranched alkanes of at least 4 members (excludes halogenated alkanes) is 12. The molecule has 0 fully saturated rings. The van der Waals surface area contributed by atoms with E-state index in [1.165, 1.54) is 77.0 Å². The largest absolute Gasteiger partial charge is 0.396 e. The van der Waals surface area contributed by atoms with Crippen LogP contribution in [0.2, 0.25) is 0 Å². The highest BCUT2D eigenvalue weighted by Gasteiger charge is 2.02. The highest BCUT2D eigenvalue weighted by atomic mass is 16.3. The van der Waals surface area contributed by atoms with Crippen LogP contribution in [0.1, 0.15) is 103 Å². The van der Waals surface area contributed by atoms with E-state index in [0.29, 0.717) is 6.42 Å². The van der Waals surface area contributed by atoms with Crippen LogP contribution in [0.15, 0.2) is 0 Å². The summed E-state index contributed by atoms with van der Waals surface area (Å²) in [5, 5.41) is 18.1. The summed E-state index contributed by atoms with van der Waals surface area (Å²) < 4.78 is 0. The van der Waals surface area contributed by atoms with Crippen LogP contribution in [0.25, 0.3) is 0 Å². The molecule has 2 heteroatoms. The molecule has 0 aliphatic carbocycles. The van der Waals surface area contributed by atoms with Crippen LogP contribution in [-0.4, -0.2) is 22.9 Å². The highest BCUT2D eigenvalue weighted by Crippen LogP contribution is 2.13. The zero-order chi connectivity index (χ0) is 14.9. The normalized spacial score (nSPS) is 12.8. The number of aliphatic hydroxyl groups is 2. The second-order valence-corrected chi connectivity index (χ2v) is 6.20. The third kappa shape index (κ3) is 16.0. The van der Waals surface area contributed by atoms with E-state index < -0.39 is 0 Å². The van der Waals surface area contributed by atoms with E-state index in [1.807, 2.05) is 0 Å². The third-order valence-electron chi connectivity index (χ3n) is 4.10. The first kappa shape index (κ1) is 19.9. The van der Waals surface area contributed by atoms with Crippen LogP contribution in [0.4, 0.5) is 0 Å². The molecule has 0 saturated carbocycles. The van der Waals surface area contributed by atoms with Gasteiger partial charge in [-0.3, -0.25) is 0 Å². The molecular formula is C18H38O2. The van der Waals surface area contributed by atoms with E-state index in [1.54, 1.807) is 0 Å². The molecule has 1 atom stereocenters. The topological polar surface area (TPSA) is 40.5 Å². The van der Waals surface area contributed by atoms with Crippen LogP contribution in [0, 0.1) is 0 Å². The second-order valence-electron chi connectivity index (χ2n) is 6.20. The fourth-order valence-corrected chi connectivity index (χ4v) is 2.69. The second kappa shape index (κ2) is 17.0. The van der Waals surface area contributed by atoms with Gasteiger partial charge in [0, 0.05) is 6.61 Å². The van der Waals surface area contributed by atoms with Gasteiger partial charge in [0.05, 0.1) is 6.10 Å². The van der Waals surface area contributed by atoms with Crippen molar-refractivity contribution in [2.45, 2.75) is 109 Å². The van der Waals surface area contributed by atoms with Gasteiger partial charge < -0.3 is 10.2 Å². The van der Waals surface area contributed by atoms with Gasteiger partial charge in [-0.2, -0.15) is 0 Å². The molecule has 0 saturated heterocycles. The minimum Gasteiger partial charge on any atom is -0.396 e. The van der Waals surface area contributed by atoms with Crippen molar-refractivity contribution in [1.82, 2.24) is 0 Å². The van der Waals surface area contributed by atoms with E-state index in [4.69, 9.17) is 5.11 Å². The minimum atomic E-state index is -0.285. The molecule has 0 radical (unpaired) electrons. The Kier molecular flexibility index (Phi) is 16.9. The zero-order valence-corrected chi connectivity index (χ0v) is 13.8. The fraction of sp³-hybridized carbons (Fsp3) is 1.00. The molecule has 0 aliphatic heterocycles. The molecule has 0 aromatic heterocycles. The maximum atomic E-state index is 9.47. The van der Waals surface area contributed by atoms with E-state index >= 15 is 0 Å². The molecule has 0 bridgehead atoms. The maximum Gasteiger partial charge on any atom is 0.0562 e. The molecule has 20 heavy (non-hydrogen) atoms. The predicted octanol–water partition coefficient (Wildman–Crippen LogP) is 5.21. The number of hydrogen-bond donors (Lipinski definition) is 2. The quantitative estimate of drug-likeness (QED) is 0.382. The summed E-state index contributed by atoms with van der Waals surface area (Å²) in [6.07, 6.45) is 18.8. The van der Waals surface area contributed by atoms with Gasteiger partial charge >= 0.3 is 0 Å². The third-order valence-corrected chi connectivity index (χ3v) is 4.10. The minimum absolute atomic E-state index is 0.111. The lowest BCUT2D eigenvalue weighted by Crippen LogP contribution is -2.08. The van der Waals surface area contributed by atoms with Gasteiger partial charge in [-0.1, -0.05) is 90.4 Å². The van der Waals surface area contributed by atoms with Crippen LogP contribution in [0.3, 0.4) is 0 Å². The van der Waals surface area contributed by atoms with Crippen molar-refractivity contribution in [3.63, 3.8) is 0 Å². The summed E-state index contributed by atoms with van der Waals surface area (Å²) in [5.41, 5.74) is 0. The molecule has 0 unspecified atom stereocenters. The Morgan fingerprint density at radius 2 is 1.00 bits per heavy atom. The first-order valence-electron chi connectivity index (χ1n) is 9.10. The molecule has 0 aliphatic rings. The van der Waals surface area contributed by atoms with Crippen LogP contribution >= 0.6 is 0 Å². The van der Waals surface area contributed by atoms with E-state index in [2.05, 4.69) is 6.92 Å². The van der Waals surface area contributed by atoms with Crippen LogP contribution in [-0.2, 0) is 0 Å². The summed E-state index contributed by atoms with van der Waals surface area (Å²) >= 11 is 0. The monoisotopic (exact) mass is 286 g/mol. The molecule has 122 valence electrons. The Bertz CT molecular complexity index is 171. The average molecular weight is 286 g/mol. The Morgan fingerprint density at radius 3 is 1.40 bits per heavy atom. The maximum absolute atomic E-state index is 9.47. The number of aliphatic hydroxyl groups excluding tert-OH is 2. The number of hydrogen-bond acceptors (Lipinski definition) is 2. The van der Waals surface area contributed by atoms with Crippen molar-refractivity contribution < 1.29 is 10.2 Å². The molecule has 0 rings (SSSR count). The highest BCUT2D eigenvalue weighted by molar-refractivity contribution is 4.55. The fourth-order valence-electron chi connectivity index (χ4n) is 2.69. The lowest BCUT2D eigenvalue weighted by molar-refractivity contribution is 0.122. The summed E-state index contributed by atoms with van der Waals surface area (Å²) in [6.45, 7) is 2.38. The van der Waals surface area contributed by atoms with Crippen molar-refractivity contribution in [3.05, 3.63) is 0 Å². The van der Waals surface area contributed by atoms with Gasteiger partial charge in [-0.25, -0.2) is 0 Å². The first-order chi connectivity index (χ1) is 9.81. The lowest BCUT2D eigenvalue weighted by Gasteiger charge is -2.08. The van der Waals surface area contributed by atoms with Gasteiger partial charge in [0.1, 0.15) is 0 Å². The molecule has 0 aromatic rings. The number of rotatable bonds is 16. The lowest BCUT2D eigenvalue weighted by atomic mass is 10.0. The van der Waals surface area contributed by atoms with Gasteiger partial charge in [0.15, 0.2) is 0 Å². The summed E-state index contributed by atoms with van der Waals surface area (Å²) in [5.74, 6) is 0. The zero-order valence-electron chi connectivity index (χ0n) is 13.8. The predicted molar refractivity (Wildman–Crippen MR) is 88.0 cm³/mol. The first-order valence-corrected chi connectivity index (χ1v) is 9.10. The van der Waals surface area contributed by atoms with Crippen molar-refractivity contribution in [1.29, 1.82) is 0 Å². The molecule has 0 aromatic carbocycles. The Balaban J connectivity index is 2.99. The van der Waals surface area contributed by atoms with Gasteiger partial charge in [-0.15, -0.1) is 0 Å². The van der Waals surface area contributed by atoms with Crippen LogP contribution < -0.4 is 0 Å². The van der Waals surface area contributed by atoms with Crippen LogP contribution in [0.5, 0.6) is 0 Å². The van der Waals surface area contributed by atoms with Gasteiger partial charge in [0.2, 0.25) is 0 Å². The summed E-state index contributed by atoms with van der Waals surface area (Å²) in [7, 11) is 0. The molecule has 0 amide bonds. The van der Waals surface area contributed by atoms with Crippen molar-refractivity contribution in [3.8, 4) is 0 Å². The van der Waals surface area contributed by atoms with Crippen molar-refractivity contribution in [2.75, 3.05) is 6.61 Å². The SMILES string of the molecule is CCCCCCCCCCCCCCC[C@H](O)CCO. The average Bonchev–Trinajstić information content (AvgIpc) is 2.44.